The summed E-state index contributed by atoms with van der Waals surface area (Å²) >= 11 is 0. The van der Waals surface area contributed by atoms with Crippen LogP contribution in [0.5, 0.6) is 17.2 Å². The predicted molar refractivity (Wildman–Crippen MR) is 110 cm³/mol. The molecule has 0 saturated carbocycles. The largest absolute Gasteiger partial charge is 0.493 e. The van der Waals surface area contributed by atoms with E-state index < -0.39 is 5.97 Å². The third-order valence-corrected chi connectivity index (χ3v) is 3.78. The van der Waals surface area contributed by atoms with Gasteiger partial charge in [0.1, 0.15) is 5.75 Å². The third kappa shape index (κ3) is 6.88. The molecule has 0 radical (unpaired) electrons. The number of benzene rings is 2. The number of nitrogens with one attached hydrogen (secondary N) is 1. The fourth-order valence-corrected chi connectivity index (χ4v) is 2.38. The molecule has 29 heavy (non-hydrogen) atoms. The molecule has 2 rings (SSSR count). The summed E-state index contributed by atoms with van der Waals surface area (Å²) < 4.78 is 21.1. The molecular weight excluding hydrogens is 374 g/mol. The van der Waals surface area contributed by atoms with Gasteiger partial charge >= 0.3 is 5.97 Å². The third-order valence-electron chi connectivity index (χ3n) is 3.78. The Hall–Kier alpha value is -3.48. The summed E-state index contributed by atoms with van der Waals surface area (Å²) in [7, 11) is 2.81. The van der Waals surface area contributed by atoms with Crippen LogP contribution < -0.4 is 19.5 Å². The number of anilines is 1. The topological polar surface area (TPSA) is 83.1 Å². The Bertz CT molecular complexity index is 862. The Kier molecular flexibility index (Phi) is 8.56. The number of methoxy groups -OCH3 is 2. The van der Waals surface area contributed by atoms with Crippen molar-refractivity contribution < 1.29 is 28.5 Å². The molecule has 154 valence electrons. The second-order valence-corrected chi connectivity index (χ2v) is 5.95. The number of esters is 1. The maximum Gasteiger partial charge on any atom is 0.330 e. The van der Waals surface area contributed by atoms with Gasteiger partial charge in [0, 0.05) is 6.08 Å². The van der Waals surface area contributed by atoms with Gasteiger partial charge in [-0.25, -0.2) is 4.79 Å². The highest BCUT2D eigenvalue weighted by molar-refractivity contribution is 5.93. The number of ether oxygens (including phenoxy) is 4. The van der Waals surface area contributed by atoms with Gasteiger partial charge in [0.25, 0.3) is 5.91 Å². The SMILES string of the molecule is CCCOc1ccccc1NC(=O)COc1ccc(/C=C/C(=O)OC)cc1OC. The van der Waals surface area contributed by atoms with Crippen molar-refractivity contribution in [1.82, 2.24) is 0 Å². The van der Waals surface area contributed by atoms with Crippen molar-refractivity contribution in [3.63, 3.8) is 0 Å². The van der Waals surface area contributed by atoms with Crippen LogP contribution in [0.15, 0.2) is 48.5 Å². The Balaban J connectivity index is 1.99. The van der Waals surface area contributed by atoms with Crippen LogP contribution in [0, 0.1) is 0 Å². The van der Waals surface area contributed by atoms with Gasteiger partial charge in [-0.05, 0) is 42.3 Å². The van der Waals surface area contributed by atoms with Gasteiger partial charge in [0.05, 0.1) is 26.5 Å². The van der Waals surface area contributed by atoms with E-state index in [0.29, 0.717) is 29.5 Å². The van der Waals surface area contributed by atoms with Crippen LogP contribution in [0.25, 0.3) is 6.08 Å². The minimum atomic E-state index is -0.454. The zero-order valence-electron chi connectivity index (χ0n) is 16.8. The van der Waals surface area contributed by atoms with Crippen LogP contribution in [0.3, 0.4) is 0 Å². The first kappa shape index (κ1) is 21.8. The van der Waals surface area contributed by atoms with Crippen LogP contribution in [-0.2, 0) is 14.3 Å². The van der Waals surface area contributed by atoms with E-state index in [0.717, 1.165) is 12.0 Å². The molecule has 7 nitrogen and oxygen atoms in total. The molecule has 1 amide bonds. The molecule has 0 aliphatic carbocycles. The highest BCUT2D eigenvalue weighted by atomic mass is 16.5. The standard InChI is InChI=1S/C22H25NO6/c1-4-13-28-18-8-6-5-7-17(18)23-21(24)15-29-19-11-9-16(14-20(19)26-2)10-12-22(25)27-3/h5-12,14H,4,13,15H2,1-3H3,(H,23,24)/b12-10+. The van der Waals surface area contributed by atoms with Gasteiger partial charge in [-0.15, -0.1) is 0 Å². The van der Waals surface area contributed by atoms with Gasteiger partial charge < -0.3 is 24.3 Å². The van der Waals surface area contributed by atoms with Crippen molar-refractivity contribution in [2.45, 2.75) is 13.3 Å². The molecule has 0 spiro atoms. The zero-order chi connectivity index (χ0) is 21.1. The number of carbonyl (C=O) groups excluding carboxylic acids is 2. The molecule has 1 N–H and O–H groups in total. The van der Waals surface area contributed by atoms with Gasteiger partial charge in [-0.3, -0.25) is 4.79 Å². The van der Waals surface area contributed by atoms with E-state index in [-0.39, 0.29) is 12.5 Å². The van der Waals surface area contributed by atoms with E-state index in [1.54, 1.807) is 36.4 Å². The number of para-hydroxylation sites is 2. The van der Waals surface area contributed by atoms with E-state index in [9.17, 15) is 9.59 Å². The van der Waals surface area contributed by atoms with Crippen LogP contribution in [0.4, 0.5) is 5.69 Å². The molecule has 2 aromatic rings. The average Bonchev–Trinajstić information content (AvgIpc) is 2.75. The summed E-state index contributed by atoms with van der Waals surface area (Å²) in [6.45, 7) is 2.38. The summed E-state index contributed by atoms with van der Waals surface area (Å²) in [6.07, 6.45) is 3.77. The van der Waals surface area contributed by atoms with Crippen molar-refractivity contribution in [3.05, 3.63) is 54.1 Å². The second kappa shape index (κ2) is 11.4. The summed E-state index contributed by atoms with van der Waals surface area (Å²) in [5.74, 6) is 0.685. The van der Waals surface area contributed by atoms with Crippen molar-refractivity contribution in [3.8, 4) is 17.2 Å². The minimum Gasteiger partial charge on any atom is -0.493 e. The molecule has 0 heterocycles. The first-order valence-electron chi connectivity index (χ1n) is 9.16. The van der Waals surface area contributed by atoms with Crippen molar-refractivity contribution >= 4 is 23.6 Å². The lowest BCUT2D eigenvalue weighted by atomic mass is 10.2. The second-order valence-electron chi connectivity index (χ2n) is 5.95. The molecule has 0 aliphatic rings. The predicted octanol–water partition coefficient (Wildman–Crippen LogP) is 3.69. The summed E-state index contributed by atoms with van der Waals surface area (Å²) in [6, 6.07) is 12.3. The number of rotatable bonds is 10. The fraction of sp³-hybridized carbons (Fsp3) is 0.273. The molecule has 7 heteroatoms. The first-order valence-corrected chi connectivity index (χ1v) is 9.16. The molecule has 0 atom stereocenters. The summed E-state index contributed by atoms with van der Waals surface area (Å²) in [5.41, 5.74) is 1.32. The van der Waals surface area contributed by atoms with E-state index in [1.165, 1.54) is 20.3 Å². The zero-order valence-corrected chi connectivity index (χ0v) is 16.8. The maximum atomic E-state index is 12.3. The number of amides is 1. The Labute approximate surface area is 170 Å². The van der Waals surface area contributed by atoms with E-state index in [4.69, 9.17) is 14.2 Å². The minimum absolute atomic E-state index is 0.199. The first-order chi connectivity index (χ1) is 14.1. The monoisotopic (exact) mass is 399 g/mol. The summed E-state index contributed by atoms with van der Waals surface area (Å²) in [4.78, 5) is 23.5. The molecule has 0 saturated heterocycles. The number of hydrogen-bond acceptors (Lipinski definition) is 6. The van der Waals surface area contributed by atoms with Crippen LogP contribution in [0.2, 0.25) is 0 Å². The van der Waals surface area contributed by atoms with E-state index in [1.807, 2.05) is 19.1 Å². The maximum absolute atomic E-state index is 12.3. The Morgan fingerprint density at radius 3 is 2.52 bits per heavy atom. The van der Waals surface area contributed by atoms with Crippen molar-refractivity contribution in [2.75, 3.05) is 32.8 Å². The van der Waals surface area contributed by atoms with Crippen LogP contribution in [0.1, 0.15) is 18.9 Å². The lowest BCUT2D eigenvalue weighted by molar-refractivity contribution is -0.134. The van der Waals surface area contributed by atoms with Crippen molar-refractivity contribution in [1.29, 1.82) is 0 Å². The fourth-order valence-electron chi connectivity index (χ4n) is 2.38. The van der Waals surface area contributed by atoms with Gasteiger partial charge in [-0.1, -0.05) is 25.1 Å². The number of carbonyl (C=O) groups is 2. The van der Waals surface area contributed by atoms with Gasteiger partial charge in [0.2, 0.25) is 0 Å². The average molecular weight is 399 g/mol. The molecule has 0 aromatic heterocycles. The van der Waals surface area contributed by atoms with E-state index in [2.05, 4.69) is 10.1 Å². The molecule has 0 bridgehead atoms. The van der Waals surface area contributed by atoms with Crippen LogP contribution in [-0.4, -0.2) is 39.3 Å². The Morgan fingerprint density at radius 1 is 1.00 bits per heavy atom. The van der Waals surface area contributed by atoms with E-state index >= 15 is 0 Å². The van der Waals surface area contributed by atoms with Crippen LogP contribution >= 0.6 is 0 Å². The number of hydrogen-bond donors (Lipinski definition) is 1. The smallest absolute Gasteiger partial charge is 0.330 e. The molecule has 0 unspecified atom stereocenters. The summed E-state index contributed by atoms with van der Waals surface area (Å²) in [5, 5.41) is 2.79. The molecule has 2 aromatic carbocycles. The molecular formula is C22H25NO6. The van der Waals surface area contributed by atoms with Crippen molar-refractivity contribution in [2.24, 2.45) is 0 Å². The Morgan fingerprint density at radius 2 is 1.79 bits per heavy atom. The lowest BCUT2D eigenvalue weighted by Crippen LogP contribution is -2.20. The quantitative estimate of drug-likeness (QED) is 0.485. The van der Waals surface area contributed by atoms with Gasteiger partial charge in [-0.2, -0.15) is 0 Å². The molecule has 0 aliphatic heterocycles. The van der Waals surface area contributed by atoms with Gasteiger partial charge in [0.15, 0.2) is 18.1 Å². The highest BCUT2D eigenvalue weighted by Crippen LogP contribution is 2.29. The lowest BCUT2D eigenvalue weighted by Gasteiger charge is -2.13. The highest BCUT2D eigenvalue weighted by Gasteiger charge is 2.11. The molecule has 0 fully saturated rings. The normalized spacial score (nSPS) is 10.4.